The highest BCUT2D eigenvalue weighted by atomic mass is 35.5. The summed E-state index contributed by atoms with van der Waals surface area (Å²) in [6.45, 7) is 5.86. The Morgan fingerprint density at radius 2 is 1.92 bits per heavy atom. The number of hydrogen-bond acceptors (Lipinski definition) is 1. The lowest BCUT2D eigenvalue weighted by molar-refractivity contribution is -0.113. The summed E-state index contributed by atoms with van der Waals surface area (Å²) in [7, 11) is 0. The summed E-state index contributed by atoms with van der Waals surface area (Å²) in [6, 6.07) is 0. The summed E-state index contributed by atoms with van der Waals surface area (Å²) in [6.07, 6.45) is 1.91. The van der Waals surface area contributed by atoms with Crippen LogP contribution in [-0.2, 0) is 4.79 Å². The molecule has 0 spiro atoms. The van der Waals surface area contributed by atoms with E-state index in [-0.39, 0.29) is 22.5 Å². The second-order valence-corrected chi connectivity index (χ2v) is 4.85. The fourth-order valence-corrected chi connectivity index (χ4v) is 2.22. The topological polar surface area (TPSA) is 17.1 Å². The van der Waals surface area contributed by atoms with Crippen LogP contribution in [0.15, 0.2) is 11.1 Å². The van der Waals surface area contributed by atoms with Gasteiger partial charge in [-0.3, -0.25) is 4.79 Å². The average molecular weight is 207 g/mol. The van der Waals surface area contributed by atoms with E-state index in [1.165, 1.54) is 0 Å². The molecule has 0 N–H and O–H groups in total. The molecule has 0 aliphatic heterocycles. The molecular weight excluding hydrogens is 195 g/mol. The first-order chi connectivity index (χ1) is 5.37. The molecule has 0 bridgehead atoms. The second-order valence-electron chi connectivity index (χ2n) is 3.88. The van der Waals surface area contributed by atoms with Gasteiger partial charge in [0.05, 0.1) is 0 Å². The van der Waals surface area contributed by atoms with Gasteiger partial charge in [0.15, 0.2) is 0 Å². The molecule has 0 radical (unpaired) electrons. The smallest absolute Gasteiger partial charge is 0.225 e. The molecule has 68 valence electrons. The van der Waals surface area contributed by atoms with Crippen molar-refractivity contribution in [3.8, 4) is 0 Å². The van der Waals surface area contributed by atoms with E-state index in [0.717, 1.165) is 5.03 Å². The number of allylic oxidation sites excluding steroid dienone is 2. The van der Waals surface area contributed by atoms with Gasteiger partial charge in [-0.15, -0.1) is 0 Å². The van der Waals surface area contributed by atoms with Gasteiger partial charge < -0.3 is 0 Å². The van der Waals surface area contributed by atoms with Crippen molar-refractivity contribution < 1.29 is 4.79 Å². The van der Waals surface area contributed by atoms with Gasteiger partial charge in [0.1, 0.15) is 0 Å². The van der Waals surface area contributed by atoms with Gasteiger partial charge in [0, 0.05) is 11.0 Å². The lowest BCUT2D eigenvalue weighted by Gasteiger charge is -1.96. The van der Waals surface area contributed by atoms with Crippen LogP contribution in [0.3, 0.4) is 0 Å². The molecule has 0 aromatic carbocycles. The van der Waals surface area contributed by atoms with Crippen molar-refractivity contribution in [1.29, 1.82) is 0 Å². The number of halogens is 2. The van der Waals surface area contributed by atoms with Crippen molar-refractivity contribution in [3.63, 3.8) is 0 Å². The third kappa shape index (κ3) is 1.67. The van der Waals surface area contributed by atoms with Gasteiger partial charge in [0.2, 0.25) is 5.24 Å². The predicted molar refractivity (Wildman–Crippen MR) is 51.2 cm³/mol. The van der Waals surface area contributed by atoms with E-state index in [1.54, 1.807) is 0 Å². The summed E-state index contributed by atoms with van der Waals surface area (Å²) in [4.78, 5) is 10.9. The summed E-state index contributed by atoms with van der Waals surface area (Å²) in [5.41, 5.74) is -0.00498. The molecule has 12 heavy (non-hydrogen) atoms. The number of hydrogen-bond donors (Lipinski definition) is 0. The average Bonchev–Trinajstić information content (AvgIpc) is 2.32. The van der Waals surface area contributed by atoms with Crippen molar-refractivity contribution >= 4 is 28.4 Å². The molecule has 1 nitrogen and oxygen atoms in total. The van der Waals surface area contributed by atoms with Crippen LogP contribution in [0.25, 0.3) is 0 Å². The molecule has 1 aliphatic rings. The zero-order chi connectivity index (χ0) is 9.52. The van der Waals surface area contributed by atoms with Gasteiger partial charge >= 0.3 is 0 Å². The number of carbonyl (C=O) groups excluding carboxylic acids is 1. The zero-order valence-electron chi connectivity index (χ0n) is 7.40. The summed E-state index contributed by atoms with van der Waals surface area (Å²) < 4.78 is 0. The Balaban J connectivity index is 2.73. The molecule has 1 saturated carbocycles. The van der Waals surface area contributed by atoms with Crippen LogP contribution in [-0.4, -0.2) is 5.24 Å². The van der Waals surface area contributed by atoms with Crippen molar-refractivity contribution in [2.45, 2.75) is 20.8 Å². The van der Waals surface area contributed by atoms with Crippen LogP contribution in [0, 0.1) is 17.3 Å². The Morgan fingerprint density at radius 3 is 2.17 bits per heavy atom. The molecule has 0 amide bonds. The van der Waals surface area contributed by atoms with E-state index in [1.807, 2.05) is 26.8 Å². The van der Waals surface area contributed by atoms with Crippen LogP contribution in [0.4, 0.5) is 0 Å². The normalized spacial score (nSPS) is 33.2. The Kier molecular flexibility index (Phi) is 2.55. The molecular formula is C9H12Cl2O. The molecule has 2 atom stereocenters. The Hall–Kier alpha value is -0.0100. The highest BCUT2D eigenvalue weighted by molar-refractivity contribution is 6.64. The van der Waals surface area contributed by atoms with Crippen molar-refractivity contribution in [2.24, 2.45) is 17.3 Å². The Bertz CT molecular complexity index is 239. The van der Waals surface area contributed by atoms with Gasteiger partial charge in [-0.1, -0.05) is 31.5 Å². The maximum atomic E-state index is 10.9. The fourth-order valence-electron chi connectivity index (χ4n) is 1.67. The molecule has 1 fully saturated rings. The summed E-state index contributed by atoms with van der Waals surface area (Å²) >= 11 is 11.1. The third-order valence-electron chi connectivity index (χ3n) is 2.56. The minimum atomic E-state index is -0.251. The van der Waals surface area contributed by atoms with Crippen LogP contribution in [0.5, 0.6) is 0 Å². The van der Waals surface area contributed by atoms with Crippen molar-refractivity contribution in [1.82, 2.24) is 0 Å². The predicted octanol–water partition coefficient (Wildman–Crippen LogP) is 3.17. The van der Waals surface area contributed by atoms with E-state index >= 15 is 0 Å². The maximum absolute atomic E-state index is 10.9. The van der Waals surface area contributed by atoms with Gasteiger partial charge in [-0.05, 0) is 29.9 Å². The highest BCUT2D eigenvalue weighted by Crippen LogP contribution is 2.60. The third-order valence-corrected chi connectivity index (χ3v) is 2.93. The van der Waals surface area contributed by atoms with Crippen LogP contribution in [0.1, 0.15) is 20.8 Å². The van der Waals surface area contributed by atoms with E-state index in [2.05, 4.69) is 0 Å². The first-order valence-electron chi connectivity index (χ1n) is 3.90. The van der Waals surface area contributed by atoms with Crippen LogP contribution >= 0.6 is 23.2 Å². The van der Waals surface area contributed by atoms with Gasteiger partial charge in [-0.2, -0.15) is 0 Å². The monoisotopic (exact) mass is 206 g/mol. The Morgan fingerprint density at radius 1 is 1.42 bits per heavy atom. The van der Waals surface area contributed by atoms with Crippen LogP contribution in [0.2, 0.25) is 0 Å². The Labute approximate surface area is 82.7 Å². The fraction of sp³-hybridized carbons (Fsp3) is 0.667. The molecule has 1 aliphatic carbocycles. The van der Waals surface area contributed by atoms with E-state index in [4.69, 9.17) is 23.2 Å². The number of carbonyl (C=O) groups is 1. The molecule has 3 heteroatoms. The van der Waals surface area contributed by atoms with E-state index in [9.17, 15) is 4.79 Å². The maximum Gasteiger partial charge on any atom is 0.225 e. The minimum Gasteiger partial charge on any atom is -0.281 e. The molecule has 0 aromatic heterocycles. The van der Waals surface area contributed by atoms with Crippen molar-refractivity contribution in [3.05, 3.63) is 11.1 Å². The zero-order valence-corrected chi connectivity index (χ0v) is 8.91. The molecule has 0 unspecified atom stereocenters. The summed E-state index contributed by atoms with van der Waals surface area (Å²) in [5, 5.41) is 0.479. The van der Waals surface area contributed by atoms with E-state index in [0.29, 0.717) is 0 Å². The minimum absolute atomic E-state index is 0.00498. The molecule has 1 rings (SSSR count). The van der Waals surface area contributed by atoms with E-state index < -0.39 is 0 Å². The largest absolute Gasteiger partial charge is 0.281 e. The number of rotatable bonds is 2. The lowest BCUT2D eigenvalue weighted by atomic mass is 10.1. The molecule has 0 saturated heterocycles. The molecule has 0 heterocycles. The van der Waals surface area contributed by atoms with Crippen molar-refractivity contribution in [2.75, 3.05) is 0 Å². The first kappa shape index (κ1) is 10.1. The summed E-state index contributed by atoms with van der Waals surface area (Å²) in [5.74, 6) is 0.174. The molecule has 0 aromatic rings. The quantitative estimate of drug-likeness (QED) is 0.635. The standard InChI is InChI=1S/C9H12Cl2O/c1-5(10)4-6-7(8(11)12)9(6,2)3/h4,6-7H,1-3H3/t6-,7+/m1/s1. The van der Waals surface area contributed by atoms with Crippen LogP contribution < -0.4 is 0 Å². The highest BCUT2D eigenvalue weighted by Gasteiger charge is 2.59. The lowest BCUT2D eigenvalue weighted by Crippen LogP contribution is -1.96. The van der Waals surface area contributed by atoms with Gasteiger partial charge in [0.25, 0.3) is 0 Å². The SMILES string of the molecule is CC(Cl)=C[C@@H]1[C@@H](C(=O)Cl)C1(C)C. The van der Waals surface area contributed by atoms with Gasteiger partial charge in [-0.25, -0.2) is 0 Å². The first-order valence-corrected chi connectivity index (χ1v) is 4.66. The second kappa shape index (κ2) is 3.04.